The highest BCUT2D eigenvalue weighted by Crippen LogP contribution is 2.42. The molecule has 1 aliphatic carbocycles. The Morgan fingerprint density at radius 1 is 1.12 bits per heavy atom. The third-order valence-corrected chi connectivity index (χ3v) is 6.32. The number of anilines is 1. The number of amides is 1. The van der Waals surface area contributed by atoms with Gasteiger partial charge in [-0.2, -0.15) is 38.1 Å². The zero-order valence-electron chi connectivity index (χ0n) is 17.8. The molecule has 0 aromatic heterocycles. The first-order valence-electron chi connectivity index (χ1n) is 10.1. The molecule has 0 aliphatic heterocycles. The topological polar surface area (TPSA) is 61.4 Å². The fraction of sp³-hybridized carbons (Fsp3) is 0.409. The molecule has 3 rings (SSSR count). The second-order valence-electron chi connectivity index (χ2n) is 7.94. The minimum absolute atomic E-state index is 0.123. The van der Waals surface area contributed by atoms with Crippen LogP contribution in [-0.2, 0) is 23.0 Å². The molecule has 0 saturated heterocycles. The summed E-state index contributed by atoms with van der Waals surface area (Å²) >= 11 is 7.01. The average molecular weight is 527 g/mol. The van der Waals surface area contributed by atoms with Gasteiger partial charge in [0.25, 0.3) is 0 Å². The normalized spacial score (nSPS) is 17.7. The largest absolute Gasteiger partial charge is 0.423 e. The molecule has 0 spiro atoms. The summed E-state index contributed by atoms with van der Waals surface area (Å²) in [6, 6.07) is 5.96. The number of carbonyl (C=O) groups excluding carboxylic acids is 1. The van der Waals surface area contributed by atoms with E-state index < -0.39 is 40.6 Å². The fourth-order valence-corrected chi connectivity index (χ4v) is 4.41. The lowest BCUT2D eigenvalue weighted by Crippen LogP contribution is -2.48. The number of aliphatic hydroxyl groups is 1. The highest BCUT2D eigenvalue weighted by atomic mass is 35.5. The van der Waals surface area contributed by atoms with Crippen molar-refractivity contribution in [3.8, 4) is 0 Å². The molecule has 4 nitrogen and oxygen atoms in total. The monoisotopic (exact) mass is 526 g/mol. The summed E-state index contributed by atoms with van der Waals surface area (Å²) in [6.45, 7) is -1.14. The maximum atomic E-state index is 13.9. The molecule has 1 aliphatic rings. The van der Waals surface area contributed by atoms with Gasteiger partial charge in [0, 0.05) is 10.7 Å². The maximum absolute atomic E-state index is 13.9. The molecule has 0 heterocycles. The lowest BCUT2D eigenvalue weighted by molar-refractivity contribution is -0.260. The first-order valence-corrected chi connectivity index (χ1v) is 11.8. The number of carbonyl (C=O) groups is 1. The van der Waals surface area contributed by atoms with Crippen LogP contribution in [0.1, 0.15) is 34.7 Å². The molecular formula is C22H21ClF6N2O2S. The van der Waals surface area contributed by atoms with Crippen molar-refractivity contribution >= 4 is 35.0 Å². The highest BCUT2D eigenvalue weighted by Gasteiger charge is 2.55. The molecule has 0 fully saturated rings. The molecule has 2 aromatic carbocycles. The van der Waals surface area contributed by atoms with Crippen LogP contribution in [-0.4, -0.2) is 35.7 Å². The Hall–Kier alpha value is -2.11. The Kier molecular flexibility index (Phi) is 7.69. The number of thioether (sulfide) groups is 1. The molecule has 12 heteroatoms. The number of benzene rings is 2. The fourth-order valence-electron chi connectivity index (χ4n) is 3.83. The summed E-state index contributed by atoms with van der Waals surface area (Å²) in [5, 5.41) is 15.3. The van der Waals surface area contributed by atoms with Crippen LogP contribution >= 0.6 is 23.4 Å². The number of fused-ring (bicyclic) bond motifs is 1. The van der Waals surface area contributed by atoms with E-state index in [1.54, 1.807) is 18.4 Å². The van der Waals surface area contributed by atoms with Gasteiger partial charge < -0.3 is 15.7 Å². The van der Waals surface area contributed by atoms with Crippen molar-refractivity contribution in [2.75, 3.05) is 23.9 Å². The number of hydrogen-bond acceptors (Lipinski definition) is 4. The molecule has 0 radical (unpaired) electrons. The predicted molar refractivity (Wildman–Crippen MR) is 119 cm³/mol. The molecule has 0 saturated carbocycles. The second kappa shape index (κ2) is 9.87. The van der Waals surface area contributed by atoms with Crippen molar-refractivity contribution in [1.82, 2.24) is 5.32 Å². The number of nitrogens with one attached hydrogen (secondary N) is 2. The first-order chi connectivity index (χ1) is 15.7. The van der Waals surface area contributed by atoms with E-state index in [9.17, 15) is 36.2 Å². The minimum atomic E-state index is -5.29. The Labute approximate surface area is 201 Å². The van der Waals surface area contributed by atoms with E-state index in [0.29, 0.717) is 30.7 Å². The molecule has 1 amide bonds. The van der Waals surface area contributed by atoms with Crippen LogP contribution in [0.4, 0.5) is 32.0 Å². The van der Waals surface area contributed by atoms with Gasteiger partial charge in [0.1, 0.15) is 0 Å². The van der Waals surface area contributed by atoms with Crippen molar-refractivity contribution in [2.45, 2.75) is 36.8 Å². The highest BCUT2D eigenvalue weighted by molar-refractivity contribution is 7.99. The van der Waals surface area contributed by atoms with E-state index in [-0.39, 0.29) is 23.7 Å². The van der Waals surface area contributed by atoms with Crippen LogP contribution in [0.5, 0.6) is 0 Å². The first kappa shape index (κ1) is 26.5. The molecular weight excluding hydrogens is 506 g/mol. The van der Waals surface area contributed by atoms with Gasteiger partial charge in [-0.3, -0.25) is 4.79 Å². The lowest BCUT2D eigenvalue weighted by Gasteiger charge is -2.32. The van der Waals surface area contributed by atoms with Crippen molar-refractivity contribution in [2.24, 2.45) is 0 Å². The van der Waals surface area contributed by atoms with Crippen LogP contribution < -0.4 is 10.6 Å². The zero-order valence-corrected chi connectivity index (χ0v) is 19.4. The number of rotatable bonds is 7. The smallest absolute Gasteiger partial charge is 0.381 e. The van der Waals surface area contributed by atoms with Gasteiger partial charge in [0.15, 0.2) is 0 Å². The van der Waals surface area contributed by atoms with Gasteiger partial charge in [0.05, 0.1) is 23.9 Å². The maximum Gasteiger partial charge on any atom is 0.423 e. The number of alkyl halides is 6. The molecule has 34 heavy (non-hydrogen) atoms. The van der Waals surface area contributed by atoms with Crippen molar-refractivity contribution in [3.05, 3.63) is 63.7 Å². The van der Waals surface area contributed by atoms with Crippen LogP contribution in [0.15, 0.2) is 36.4 Å². The molecule has 0 bridgehead atoms. The minimum Gasteiger partial charge on any atom is -0.381 e. The van der Waals surface area contributed by atoms with Crippen LogP contribution in [0, 0.1) is 0 Å². The van der Waals surface area contributed by atoms with Gasteiger partial charge in [-0.05, 0) is 66.1 Å². The summed E-state index contributed by atoms with van der Waals surface area (Å²) < 4.78 is 80.9. The summed E-state index contributed by atoms with van der Waals surface area (Å²) in [5.74, 6) is 0.184. The Morgan fingerprint density at radius 2 is 1.79 bits per heavy atom. The number of hydrogen-bond donors (Lipinski definition) is 3. The quantitative estimate of drug-likeness (QED) is 0.406. The second-order valence-corrected chi connectivity index (χ2v) is 9.25. The summed E-state index contributed by atoms with van der Waals surface area (Å²) in [5.41, 5.74) is -4.15. The van der Waals surface area contributed by atoms with Gasteiger partial charge >= 0.3 is 12.4 Å². The summed E-state index contributed by atoms with van der Waals surface area (Å²) in [6.07, 6.45) is -7.22. The summed E-state index contributed by atoms with van der Waals surface area (Å²) in [4.78, 5) is 11.9. The van der Waals surface area contributed by atoms with Gasteiger partial charge in [0.2, 0.25) is 11.5 Å². The van der Waals surface area contributed by atoms with Crippen molar-refractivity contribution < 1.29 is 36.2 Å². The SMILES string of the molecule is CSCC(=O)N[C@H]1CCc2cc(NC[C@@](O)(c3cc(Cl)cc(C(F)(F)F)c3)C(F)(F)F)ccc21. The van der Waals surface area contributed by atoms with E-state index in [4.69, 9.17) is 11.6 Å². The number of aryl methyl sites for hydroxylation is 1. The third kappa shape index (κ3) is 5.75. The van der Waals surface area contributed by atoms with Crippen molar-refractivity contribution in [3.63, 3.8) is 0 Å². The number of halogens is 7. The van der Waals surface area contributed by atoms with Crippen LogP contribution in [0.3, 0.4) is 0 Å². The zero-order chi connectivity index (χ0) is 25.3. The van der Waals surface area contributed by atoms with E-state index in [1.165, 1.54) is 17.8 Å². The molecule has 2 aromatic rings. The lowest BCUT2D eigenvalue weighted by atomic mass is 9.91. The van der Waals surface area contributed by atoms with E-state index in [2.05, 4.69) is 10.6 Å². The van der Waals surface area contributed by atoms with Crippen LogP contribution in [0.2, 0.25) is 5.02 Å². The Morgan fingerprint density at radius 3 is 2.41 bits per heavy atom. The molecule has 3 N–H and O–H groups in total. The van der Waals surface area contributed by atoms with E-state index >= 15 is 0 Å². The molecule has 0 unspecified atom stereocenters. The Bertz CT molecular complexity index is 1060. The Balaban J connectivity index is 1.84. The molecule has 2 atom stereocenters. The van der Waals surface area contributed by atoms with Crippen LogP contribution in [0.25, 0.3) is 0 Å². The van der Waals surface area contributed by atoms with Gasteiger partial charge in [-0.25, -0.2) is 0 Å². The van der Waals surface area contributed by atoms with Gasteiger partial charge in [-0.15, -0.1) is 0 Å². The van der Waals surface area contributed by atoms with E-state index in [0.717, 1.165) is 11.1 Å². The average Bonchev–Trinajstić information content (AvgIpc) is 3.12. The van der Waals surface area contributed by atoms with Gasteiger partial charge in [-0.1, -0.05) is 17.7 Å². The van der Waals surface area contributed by atoms with Crippen molar-refractivity contribution in [1.29, 1.82) is 0 Å². The summed E-state index contributed by atoms with van der Waals surface area (Å²) in [7, 11) is 0. The predicted octanol–water partition coefficient (Wildman–Crippen LogP) is 5.69. The van der Waals surface area contributed by atoms with E-state index in [1.807, 2.05) is 0 Å². The molecule has 186 valence electrons. The third-order valence-electron chi connectivity index (χ3n) is 5.55. The standard InChI is InChI=1S/C22H21ClF6N2O2S/c1-34-10-19(32)31-18-5-2-12-6-16(3-4-17(12)18)30-11-20(33,22(27,28)29)13-7-14(21(24,25)26)9-15(23)8-13/h3-4,6-9,18,30,33H,2,5,10-11H2,1H3,(H,31,32)/t18-,20+/m0/s1.